The van der Waals surface area contributed by atoms with Gasteiger partial charge in [-0.1, -0.05) is 23.8 Å². The first-order valence-electron chi connectivity index (χ1n) is 6.40. The van der Waals surface area contributed by atoms with E-state index in [-0.39, 0.29) is 11.5 Å². The molecule has 0 aromatic heterocycles. The van der Waals surface area contributed by atoms with Gasteiger partial charge in [-0.25, -0.2) is 13.2 Å². The highest BCUT2D eigenvalue weighted by Gasteiger charge is 2.36. The summed E-state index contributed by atoms with van der Waals surface area (Å²) in [6.07, 6.45) is 3.42. The van der Waals surface area contributed by atoms with Gasteiger partial charge in [0.2, 0.25) is 0 Å². The van der Waals surface area contributed by atoms with Crippen molar-refractivity contribution in [1.82, 2.24) is 4.31 Å². The van der Waals surface area contributed by atoms with E-state index in [4.69, 9.17) is 4.74 Å². The number of rotatable bonds is 4. The monoisotopic (exact) mass is 295 g/mol. The van der Waals surface area contributed by atoms with Crippen LogP contribution in [-0.2, 0) is 19.6 Å². The molecule has 0 saturated carbocycles. The molecule has 6 heteroatoms. The lowest BCUT2D eigenvalue weighted by atomic mass is 10.2. The summed E-state index contributed by atoms with van der Waals surface area (Å²) in [7, 11) is -3.72. The summed E-state index contributed by atoms with van der Waals surface area (Å²) in [5.41, 5.74) is 0.975. The molecule has 2 rings (SSSR count). The molecule has 108 valence electrons. The molecule has 1 atom stereocenters. The van der Waals surface area contributed by atoms with Gasteiger partial charge in [0, 0.05) is 6.20 Å². The van der Waals surface area contributed by atoms with E-state index in [2.05, 4.69) is 0 Å². The molecule has 1 aromatic carbocycles. The van der Waals surface area contributed by atoms with Gasteiger partial charge in [0.1, 0.15) is 6.04 Å². The van der Waals surface area contributed by atoms with Crippen molar-refractivity contribution in [1.29, 1.82) is 0 Å². The van der Waals surface area contributed by atoms with Gasteiger partial charge in [-0.3, -0.25) is 4.31 Å². The fourth-order valence-electron chi connectivity index (χ4n) is 2.02. The Kier molecular flexibility index (Phi) is 4.13. The molecule has 20 heavy (non-hydrogen) atoms. The fraction of sp³-hybridized carbons (Fsp3) is 0.357. The SMILES string of the molecule is CCOC(=O)[C@@H]1CC=CN1S(=O)(=O)c1ccc(C)cc1. The lowest BCUT2D eigenvalue weighted by Gasteiger charge is -2.23. The molecule has 1 aliphatic rings. The third-order valence-electron chi connectivity index (χ3n) is 3.07. The molecule has 0 spiro atoms. The minimum absolute atomic E-state index is 0.170. The normalized spacial score (nSPS) is 18.3. The van der Waals surface area contributed by atoms with Crippen LogP contribution in [0.4, 0.5) is 0 Å². The number of benzene rings is 1. The summed E-state index contributed by atoms with van der Waals surface area (Å²) in [6, 6.07) is 5.73. The van der Waals surface area contributed by atoms with Crippen molar-refractivity contribution in [3.8, 4) is 0 Å². The Morgan fingerprint density at radius 1 is 1.35 bits per heavy atom. The molecule has 0 amide bonds. The number of aryl methyl sites for hydroxylation is 1. The molecule has 0 unspecified atom stereocenters. The standard InChI is InChI=1S/C14H17NO4S/c1-3-19-14(16)13-5-4-10-15(13)20(17,18)12-8-6-11(2)7-9-12/h4,6-10,13H,3,5H2,1-2H3/t13-/m0/s1. The molecule has 1 aromatic rings. The zero-order chi connectivity index (χ0) is 14.8. The summed E-state index contributed by atoms with van der Waals surface area (Å²) in [6.45, 7) is 3.81. The van der Waals surface area contributed by atoms with Crippen molar-refractivity contribution < 1.29 is 17.9 Å². The van der Waals surface area contributed by atoms with Gasteiger partial charge in [-0.15, -0.1) is 0 Å². The summed E-state index contributed by atoms with van der Waals surface area (Å²) in [4.78, 5) is 12.0. The predicted octanol–water partition coefficient (Wildman–Crippen LogP) is 1.83. The largest absolute Gasteiger partial charge is 0.464 e. The van der Waals surface area contributed by atoms with Gasteiger partial charge in [-0.05, 0) is 32.4 Å². The number of carbonyl (C=O) groups excluding carboxylic acids is 1. The smallest absolute Gasteiger partial charge is 0.330 e. The Morgan fingerprint density at radius 2 is 2.00 bits per heavy atom. The molecule has 0 aliphatic carbocycles. The highest BCUT2D eigenvalue weighted by Crippen LogP contribution is 2.25. The van der Waals surface area contributed by atoms with Crippen molar-refractivity contribution >= 4 is 16.0 Å². The first-order chi connectivity index (χ1) is 9.46. The van der Waals surface area contributed by atoms with Crippen molar-refractivity contribution in [3.63, 3.8) is 0 Å². The Hall–Kier alpha value is -1.82. The van der Waals surface area contributed by atoms with Crippen LogP contribution >= 0.6 is 0 Å². The van der Waals surface area contributed by atoms with Crippen molar-refractivity contribution in [2.75, 3.05) is 6.61 Å². The maximum Gasteiger partial charge on any atom is 0.330 e. The molecule has 0 bridgehead atoms. The Morgan fingerprint density at radius 3 is 2.60 bits per heavy atom. The van der Waals surface area contributed by atoms with Crippen molar-refractivity contribution in [3.05, 3.63) is 42.1 Å². The Labute approximate surface area is 118 Å². The van der Waals surface area contributed by atoms with Gasteiger partial charge in [0.05, 0.1) is 11.5 Å². The van der Waals surface area contributed by atoms with Crippen molar-refractivity contribution in [2.45, 2.75) is 31.2 Å². The maximum absolute atomic E-state index is 12.5. The van der Waals surface area contributed by atoms with E-state index in [0.717, 1.165) is 9.87 Å². The molecule has 0 radical (unpaired) electrons. The van der Waals surface area contributed by atoms with E-state index in [9.17, 15) is 13.2 Å². The third kappa shape index (κ3) is 2.70. The number of hydrogen-bond acceptors (Lipinski definition) is 4. The summed E-state index contributed by atoms with van der Waals surface area (Å²) >= 11 is 0. The molecule has 1 aliphatic heterocycles. The molecule has 0 saturated heterocycles. The van der Waals surface area contributed by atoms with Crippen molar-refractivity contribution in [2.24, 2.45) is 0 Å². The summed E-state index contributed by atoms with van der Waals surface area (Å²) in [5.74, 6) is -0.520. The van der Waals surface area contributed by atoms with Gasteiger partial charge < -0.3 is 4.74 Å². The molecule has 0 N–H and O–H groups in total. The highest BCUT2D eigenvalue weighted by atomic mass is 32.2. The zero-order valence-electron chi connectivity index (χ0n) is 11.4. The number of esters is 1. The van der Waals surface area contributed by atoms with Crippen LogP contribution in [0.15, 0.2) is 41.4 Å². The topological polar surface area (TPSA) is 63.7 Å². The maximum atomic E-state index is 12.5. The Bertz CT molecular complexity index is 619. The first-order valence-corrected chi connectivity index (χ1v) is 7.84. The highest BCUT2D eigenvalue weighted by molar-refractivity contribution is 7.89. The van der Waals surface area contributed by atoms with Crippen LogP contribution in [0.1, 0.15) is 18.9 Å². The van der Waals surface area contributed by atoms with Gasteiger partial charge in [0.25, 0.3) is 10.0 Å². The van der Waals surface area contributed by atoms with Crippen LogP contribution in [-0.4, -0.2) is 31.3 Å². The van der Waals surface area contributed by atoms with E-state index < -0.39 is 22.0 Å². The van der Waals surface area contributed by atoms with Gasteiger partial charge >= 0.3 is 5.97 Å². The van der Waals surface area contributed by atoms with E-state index >= 15 is 0 Å². The van der Waals surface area contributed by atoms with Gasteiger partial charge in [-0.2, -0.15) is 0 Å². The number of sulfonamides is 1. The van der Waals surface area contributed by atoms with Crippen LogP contribution in [0.3, 0.4) is 0 Å². The summed E-state index contributed by atoms with van der Waals surface area (Å²) < 4.78 is 31.1. The van der Waals surface area contributed by atoms with E-state index in [1.165, 1.54) is 6.20 Å². The average molecular weight is 295 g/mol. The van der Waals surface area contributed by atoms with Crippen LogP contribution in [0, 0.1) is 6.92 Å². The third-order valence-corrected chi connectivity index (χ3v) is 4.87. The lowest BCUT2D eigenvalue weighted by molar-refractivity contribution is -0.146. The number of nitrogens with zero attached hydrogens (tertiary/aromatic N) is 1. The summed E-state index contributed by atoms with van der Waals surface area (Å²) in [5, 5.41) is 0. The van der Waals surface area contributed by atoms with Gasteiger partial charge in [0.15, 0.2) is 0 Å². The fourth-order valence-corrected chi connectivity index (χ4v) is 3.50. The number of hydrogen-bond donors (Lipinski definition) is 0. The predicted molar refractivity (Wildman–Crippen MR) is 74.4 cm³/mol. The number of ether oxygens (including phenoxy) is 1. The molecule has 0 fully saturated rings. The minimum atomic E-state index is -3.72. The first kappa shape index (κ1) is 14.6. The zero-order valence-corrected chi connectivity index (χ0v) is 12.3. The second-order valence-electron chi connectivity index (χ2n) is 4.54. The molecular formula is C14H17NO4S. The Balaban J connectivity index is 2.30. The van der Waals surface area contributed by atoms with E-state index in [1.807, 2.05) is 6.92 Å². The molecule has 5 nitrogen and oxygen atoms in total. The number of carbonyl (C=O) groups is 1. The van der Waals surface area contributed by atoms with Crippen LogP contribution in [0.2, 0.25) is 0 Å². The average Bonchev–Trinajstić information content (AvgIpc) is 2.89. The van der Waals surface area contributed by atoms with E-state index in [0.29, 0.717) is 6.42 Å². The molecule has 1 heterocycles. The second-order valence-corrected chi connectivity index (χ2v) is 6.38. The molecular weight excluding hydrogens is 278 g/mol. The quantitative estimate of drug-likeness (QED) is 0.795. The van der Waals surface area contributed by atoms with E-state index in [1.54, 1.807) is 37.3 Å². The lowest BCUT2D eigenvalue weighted by Crippen LogP contribution is -2.39. The van der Waals surface area contributed by atoms with Crippen LogP contribution in [0.5, 0.6) is 0 Å². The van der Waals surface area contributed by atoms with Crippen LogP contribution in [0.25, 0.3) is 0 Å². The minimum Gasteiger partial charge on any atom is -0.464 e. The second kappa shape index (κ2) is 5.66. The van der Waals surface area contributed by atoms with Crippen LogP contribution < -0.4 is 0 Å².